The molecule has 1 amide bonds. The molecule has 2 rings (SSSR count). The molecule has 0 aliphatic heterocycles. The second kappa shape index (κ2) is 4.72. The van der Waals surface area contributed by atoms with Gasteiger partial charge in [-0.05, 0) is 25.3 Å². The topological polar surface area (TPSA) is 46.4 Å². The van der Waals surface area contributed by atoms with Crippen LogP contribution in [0.5, 0.6) is 0 Å². The summed E-state index contributed by atoms with van der Waals surface area (Å²) < 4.78 is 1.85. The van der Waals surface area contributed by atoms with Gasteiger partial charge in [0.15, 0.2) is 4.80 Å². The number of carbonyl (C=O) groups excluding carboxylic acids is 1. The fourth-order valence-corrected chi connectivity index (χ4v) is 2.03. The van der Waals surface area contributed by atoms with E-state index >= 15 is 0 Å². The molecule has 0 saturated heterocycles. The zero-order valence-corrected chi connectivity index (χ0v) is 9.59. The predicted octanol–water partition coefficient (Wildman–Crippen LogP) is 0.513. The Morgan fingerprint density at radius 3 is 3.13 bits per heavy atom. The van der Waals surface area contributed by atoms with E-state index in [1.54, 1.807) is 0 Å². The van der Waals surface area contributed by atoms with Crippen molar-refractivity contribution in [2.24, 2.45) is 18.0 Å². The average Bonchev–Trinajstić information content (AvgIpc) is 2.93. The van der Waals surface area contributed by atoms with Crippen LogP contribution in [0.25, 0.3) is 0 Å². The summed E-state index contributed by atoms with van der Waals surface area (Å²) in [5, 5.41) is 5.05. The van der Waals surface area contributed by atoms with Crippen molar-refractivity contribution in [2.75, 3.05) is 13.1 Å². The first kappa shape index (κ1) is 10.6. The van der Waals surface area contributed by atoms with E-state index in [9.17, 15) is 4.79 Å². The Morgan fingerprint density at radius 2 is 2.53 bits per heavy atom. The van der Waals surface area contributed by atoms with E-state index < -0.39 is 0 Å². The molecule has 15 heavy (non-hydrogen) atoms. The standard InChI is InChI=1S/C10H15N3OS/c1-13-4-5-15-10(13)12-9(14)7-11-6-8-2-3-8/h4-5,8,11H,2-3,6-7H2,1H3. The van der Waals surface area contributed by atoms with Gasteiger partial charge in [-0.3, -0.25) is 4.79 Å². The van der Waals surface area contributed by atoms with Crippen LogP contribution in [0, 0.1) is 5.92 Å². The lowest BCUT2D eigenvalue weighted by molar-refractivity contribution is -0.117. The number of amides is 1. The zero-order valence-electron chi connectivity index (χ0n) is 8.77. The van der Waals surface area contributed by atoms with E-state index in [-0.39, 0.29) is 5.91 Å². The fourth-order valence-electron chi connectivity index (χ4n) is 1.29. The van der Waals surface area contributed by atoms with Gasteiger partial charge in [0.1, 0.15) is 0 Å². The molecule has 1 aromatic rings. The minimum Gasteiger partial charge on any atom is -0.327 e. The minimum atomic E-state index is -0.0892. The van der Waals surface area contributed by atoms with Crippen LogP contribution in [0.2, 0.25) is 0 Å². The molecule has 1 N–H and O–H groups in total. The maximum Gasteiger partial charge on any atom is 0.262 e. The molecule has 0 spiro atoms. The smallest absolute Gasteiger partial charge is 0.262 e. The summed E-state index contributed by atoms with van der Waals surface area (Å²) in [6, 6.07) is 0. The number of hydrogen-bond donors (Lipinski definition) is 1. The lowest BCUT2D eigenvalue weighted by Crippen LogP contribution is -2.25. The van der Waals surface area contributed by atoms with Crippen molar-refractivity contribution in [3.05, 3.63) is 16.4 Å². The van der Waals surface area contributed by atoms with Gasteiger partial charge in [0.05, 0.1) is 6.54 Å². The first-order valence-electron chi connectivity index (χ1n) is 5.14. The normalized spacial score (nSPS) is 17.0. The van der Waals surface area contributed by atoms with Crippen molar-refractivity contribution in [3.63, 3.8) is 0 Å². The molecule has 5 heteroatoms. The summed E-state index contributed by atoms with van der Waals surface area (Å²) in [6.07, 6.45) is 4.50. The fraction of sp³-hybridized carbons (Fsp3) is 0.600. The number of nitrogens with one attached hydrogen (secondary N) is 1. The van der Waals surface area contributed by atoms with Gasteiger partial charge in [-0.1, -0.05) is 0 Å². The van der Waals surface area contributed by atoms with Crippen LogP contribution >= 0.6 is 11.3 Å². The highest BCUT2D eigenvalue weighted by Gasteiger charge is 2.20. The Hall–Kier alpha value is -0.940. The Bertz CT molecular complexity index is 403. The number of thiazole rings is 1. The Kier molecular flexibility index (Phi) is 3.33. The van der Waals surface area contributed by atoms with Gasteiger partial charge in [0, 0.05) is 18.6 Å². The number of nitrogens with zero attached hydrogens (tertiary/aromatic N) is 2. The summed E-state index contributed by atoms with van der Waals surface area (Å²) >= 11 is 1.48. The van der Waals surface area contributed by atoms with Crippen molar-refractivity contribution >= 4 is 17.2 Å². The molecule has 4 nitrogen and oxygen atoms in total. The summed E-state index contributed by atoms with van der Waals surface area (Å²) in [5.41, 5.74) is 0. The second-order valence-electron chi connectivity index (χ2n) is 3.88. The highest BCUT2D eigenvalue weighted by atomic mass is 32.1. The maximum atomic E-state index is 11.4. The van der Waals surface area contributed by atoms with Crippen LogP contribution in [0.3, 0.4) is 0 Å². The molecular formula is C10H15N3OS. The van der Waals surface area contributed by atoms with Crippen molar-refractivity contribution in [1.82, 2.24) is 9.88 Å². The molecule has 1 aliphatic rings. The largest absolute Gasteiger partial charge is 0.327 e. The molecule has 0 atom stereocenters. The molecule has 0 unspecified atom stereocenters. The van der Waals surface area contributed by atoms with Crippen molar-refractivity contribution in [3.8, 4) is 0 Å². The molecule has 1 aliphatic carbocycles. The van der Waals surface area contributed by atoms with Crippen LogP contribution in [0.4, 0.5) is 0 Å². The number of aromatic nitrogens is 1. The number of hydrogen-bond acceptors (Lipinski definition) is 3. The second-order valence-corrected chi connectivity index (χ2v) is 4.75. The third kappa shape index (κ3) is 3.28. The van der Waals surface area contributed by atoms with E-state index in [2.05, 4.69) is 10.3 Å². The predicted molar refractivity (Wildman–Crippen MR) is 59.5 cm³/mol. The van der Waals surface area contributed by atoms with Gasteiger partial charge in [-0.2, -0.15) is 4.99 Å². The average molecular weight is 225 g/mol. The molecule has 0 bridgehead atoms. The monoisotopic (exact) mass is 225 g/mol. The molecule has 1 saturated carbocycles. The molecule has 1 aromatic heterocycles. The Morgan fingerprint density at radius 1 is 1.73 bits per heavy atom. The quantitative estimate of drug-likeness (QED) is 0.811. The summed E-state index contributed by atoms with van der Waals surface area (Å²) in [7, 11) is 1.89. The van der Waals surface area contributed by atoms with Gasteiger partial charge in [-0.25, -0.2) is 0 Å². The highest BCUT2D eigenvalue weighted by Crippen LogP contribution is 2.27. The van der Waals surface area contributed by atoms with Gasteiger partial charge < -0.3 is 9.88 Å². The van der Waals surface area contributed by atoms with Gasteiger partial charge in [0.25, 0.3) is 5.91 Å². The zero-order chi connectivity index (χ0) is 10.7. The van der Waals surface area contributed by atoms with Crippen LogP contribution in [0.1, 0.15) is 12.8 Å². The summed E-state index contributed by atoms with van der Waals surface area (Å²) in [6.45, 7) is 1.31. The lowest BCUT2D eigenvalue weighted by Gasteiger charge is -1.98. The minimum absolute atomic E-state index is 0.0892. The maximum absolute atomic E-state index is 11.4. The Balaban J connectivity index is 1.83. The Labute approximate surface area is 92.7 Å². The molecule has 0 aromatic carbocycles. The van der Waals surface area contributed by atoms with Gasteiger partial charge in [-0.15, -0.1) is 11.3 Å². The SMILES string of the molecule is Cn1ccsc1=NC(=O)CNCC1CC1. The third-order valence-corrected chi connectivity index (χ3v) is 3.23. The van der Waals surface area contributed by atoms with Crippen LogP contribution < -0.4 is 10.1 Å². The molecule has 1 heterocycles. The van der Waals surface area contributed by atoms with Crippen LogP contribution in [-0.2, 0) is 11.8 Å². The van der Waals surface area contributed by atoms with E-state index in [0.717, 1.165) is 17.3 Å². The lowest BCUT2D eigenvalue weighted by atomic mass is 10.4. The van der Waals surface area contributed by atoms with E-state index in [4.69, 9.17) is 0 Å². The highest BCUT2D eigenvalue weighted by molar-refractivity contribution is 7.07. The van der Waals surface area contributed by atoms with Crippen molar-refractivity contribution in [1.29, 1.82) is 0 Å². The van der Waals surface area contributed by atoms with Gasteiger partial charge in [0.2, 0.25) is 0 Å². The van der Waals surface area contributed by atoms with Gasteiger partial charge >= 0.3 is 0 Å². The van der Waals surface area contributed by atoms with Crippen LogP contribution in [0.15, 0.2) is 16.6 Å². The summed E-state index contributed by atoms with van der Waals surface area (Å²) in [4.78, 5) is 16.2. The molecular weight excluding hydrogens is 210 g/mol. The number of rotatable bonds is 4. The van der Waals surface area contributed by atoms with Crippen LogP contribution in [-0.4, -0.2) is 23.6 Å². The first-order valence-corrected chi connectivity index (χ1v) is 6.02. The molecule has 82 valence electrons. The van der Waals surface area contributed by atoms with E-state index in [1.165, 1.54) is 24.2 Å². The third-order valence-electron chi connectivity index (χ3n) is 2.39. The number of aryl methyl sites for hydroxylation is 1. The van der Waals surface area contributed by atoms with Crippen molar-refractivity contribution in [2.45, 2.75) is 12.8 Å². The van der Waals surface area contributed by atoms with E-state index in [1.807, 2.05) is 23.2 Å². The first-order chi connectivity index (χ1) is 7.25. The molecule has 0 radical (unpaired) electrons. The van der Waals surface area contributed by atoms with Crippen molar-refractivity contribution < 1.29 is 4.79 Å². The summed E-state index contributed by atoms with van der Waals surface area (Å²) in [5.74, 6) is 0.712. The number of carbonyl (C=O) groups is 1. The molecule has 1 fully saturated rings. The van der Waals surface area contributed by atoms with E-state index in [0.29, 0.717) is 6.54 Å².